The van der Waals surface area contributed by atoms with Gasteiger partial charge in [0.05, 0.1) is 5.60 Å². The first-order valence-electron chi connectivity index (χ1n) is 3.60. The van der Waals surface area contributed by atoms with Gasteiger partial charge in [0.1, 0.15) is 0 Å². The Hall–Kier alpha value is -0.300. The van der Waals surface area contributed by atoms with Crippen LogP contribution in [0.15, 0.2) is 0 Å². The maximum Gasteiger partial charge on any atom is 0.230 e. The molecule has 0 saturated heterocycles. The molecule has 12 heavy (non-hydrogen) atoms. The molecule has 0 aliphatic heterocycles. The Morgan fingerprint density at radius 1 is 1.58 bits per heavy atom. The monoisotopic (exact) mass is 195 g/mol. The van der Waals surface area contributed by atoms with Gasteiger partial charge >= 0.3 is 0 Å². The van der Waals surface area contributed by atoms with E-state index in [1.807, 2.05) is 4.72 Å². The summed E-state index contributed by atoms with van der Waals surface area (Å²) in [4.78, 5) is 10.5. The molecular formula is C6H13NO4S. The molecule has 0 unspecified atom stereocenters. The van der Waals surface area contributed by atoms with E-state index in [0.29, 0.717) is 0 Å². The van der Waals surface area contributed by atoms with Crippen molar-refractivity contribution in [2.75, 3.05) is 0 Å². The van der Waals surface area contributed by atoms with Crippen molar-refractivity contribution < 1.29 is 18.1 Å². The average molecular weight is 195 g/mol. The van der Waals surface area contributed by atoms with Crippen molar-refractivity contribution in [1.82, 2.24) is 4.72 Å². The van der Waals surface area contributed by atoms with E-state index >= 15 is 0 Å². The van der Waals surface area contributed by atoms with Gasteiger partial charge in [0.25, 0.3) is 0 Å². The van der Waals surface area contributed by atoms with Crippen LogP contribution >= 0.6 is 11.1 Å². The van der Waals surface area contributed by atoms with Gasteiger partial charge < -0.3 is 0 Å². The fourth-order valence-corrected chi connectivity index (χ4v) is 1.89. The fraction of sp³-hybridized carbons (Fsp3) is 0.833. The number of nitrogens with one attached hydrogen (secondary N) is 1. The molecule has 3 N–H and O–H groups in total. The maximum absolute atomic E-state index is 10.5. The first-order valence-corrected chi connectivity index (χ1v) is 5.07. The predicted octanol–water partition coefficient (Wildman–Crippen LogP) is 1.27. The molecule has 0 aromatic carbocycles. The molecule has 1 aliphatic carbocycles. The number of hydrogen-bond acceptors (Lipinski definition) is 4. The molecule has 0 aromatic rings. The lowest BCUT2D eigenvalue weighted by atomic mass is 10.4. The van der Waals surface area contributed by atoms with Crippen molar-refractivity contribution in [3.05, 3.63) is 0 Å². The van der Waals surface area contributed by atoms with Crippen LogP contribution in [0.5, 0.6) is 0 Å². The van der Waals surface area contributed by atoms with Crippen LogP contribution in [-0.2, 0) is 8.98 Å². The zero-order valence-electron chi connectivity index (χ0n) is 7.03. The molecule has 1 amide bonds. The van der Waals surface area contributed by atoms with Crippen LogP contribution in [0.2, 0.25) is 0 Å². The van der Waals surface area contributed by atoms with E-state index in [4.69, 9.17) is 13.3 Å². The molecule has 5 nitrogen and oxygen atoms in total. The Bertz CT molecular complexity index is 202. The highest BCUT2D eigenvalue weighted by Crippen LogP contribution is 2.50. The van der Waals surface area contributed by atoms with E-state index in [0.717, 1.165) is 12.8 Å². The molecular weight excluding hydrogens is 182 g/mol. The van der Waals surface area contributed by atoms with Gasteiger partial charge in [-0.05, 0) is 19.8 Å². The van der Waals surface area contributed by atoms with Crippen molar-refractivity contribution >= 4 is 17.0 Å². The third kappa shape index (κ3) is 2.98. The highest BCUT2D eigenvalue weighted by atomic mass is 32.3. The number of rotatable bonds is 3. The van der Waals surface area contributed by atoms with Crippen LogP contribution in [0.1, 0.15) is 26.7 Å². The molecule has 1 rings (SSSR count). The summed E-state index contributed by atoms with van der Waals surface area (Å²) in [5, 5.41) is 0. The van der Waals surface area contributed by atoms with Gasteiger partial charge in [-0.25, -0.2) is 0 Å². The Kier molecular flexibility index (Phi) is 2.35. The van der Waals surface area contributed by atoms with E-state index in [2.05, 4.69) is 0 Å². The Morgan fingerprint density at radius 3 is 2.42 bits per heavy atom. The SMILES string of the molecule is CC(=O)NS(O)(O)OC1(C)CC1. The van der Waals surface area contributed by atoms with Gasteiger partial charge in [0, 0.05) is 6.92 Å². The quantitative estimate of drug-likeness (QED) is 0.633. The standard InChI is InChI=1S/C6H13NO4S/c1-5(8)7-12(9,10)11-6(2)3-4-6/h9-10H,3-4H2,1-2H3,(H,7,8). The van der Waals surface area contributed by atoms with Crippen molar-refractivity contribution in [1.29, 1.82) is 0 Å². The smallest absolute Gasteiger partial charge is 0.230 e. The predicted molar refractivity (Wildman–Crippen MR) is 45.4 cm³/mol. The Balaban J connectivity index is 2.42. The van der Waals surface area contributed by atoms with Gasteiger partial charge in [-0.3, -0.25) is 22.8 Å². The first-order chi connectivity index (χ1) is 5.33. The minimum atomic E-state index is -3.38. The summed E-state index contributed by atoms with van der Waals surface area (Å²) in [7, 11) is 0. The molecule has 0 heterocycles. The lowest BCUT2D eigenvalue weighted by Gasteiger charge is -2.29. The van der Waals surface area contributed by atoms with Crippen LogP contribution in [0.3, 0.4) is 0 Å². The molecule has 72 valence electrons. The van der Waals surface area contributed by atoms with Gasteiger partial charge in [0.15, 0.2) is 11.1 Å². The van der Waals surface area contributed by atoms with Crippen molar-refractivity contribution in [2.24, 2.45) is 0 Å². The van der Waals surface area contributed by atoms with E-state index in [-0.39, 0.29) is 0 Å². The second kappa shape index (κ2) is 2.88. The molecule has 0 atom stereocenters. The molecule has 1 aliphatic rings. The second-order valence-corrected chi connectivity index (χ2v) is 4.55. The molecule has 0 spiro atoms. The summed E-state index contributed by atoms with van der Waals surface area (Å²) in [5.74, 6) is -0.515. The normalized spacial score (nSPS) is 21.7. The number of carbonyl (C=O) groups is 1. The van der Waals surface area contributed by atoms with E-state index in [9.17, 15) is 4.79 Å². The number of amides is 1. The fourth-order valence-electron chi connectivity index (χ4n) is 0.748. The summed E-state index contributed by atoms with van der Waals surface area (Å²) < 4.78 is 25.1. The average Bonchev–Trinajstić information content (AvgIpc) is 2.40. The third-order valence-corrected chi connectivity index (χ3v) is 2.74. The summed E-state index contributed by atoms with van der Waals surface area (Å²) >= 11 is -3.38. The van der Waals surface area contributed by atoms with Crippen LogP contribution < -0.4 is 4.72 Å². The van der Waals surface area contributed by atoms with Crippen LogP contribution in [-0.4, -0.2) is 20.6 Å². The summed E-state index contributed by atoms with van der Waals surface area (Å²) in [6, 6.07) is 0. The Labute approximate surface area is 72.8 Å². The zero-order valence-corrected chi connectivity index (χ0v) is 7.85. The number of hydrogen-bond donors (Lipinski definition) is 3. The van der Waals surface area contributed by atoms with Crippen molar-refractivity contribution in [3.63, 3.8) is 0 Å². The number of carbonyl (C=O) groups excluding carboxylic acids is 1. The highest BCUT2D eigenvalue weighted by molar-refractivity contribution is 8.18. The van der Waals surface area contributed by atoms with Gasteiger partial charge in [-0.1, -0.05) is 0 Å². The van der Waals surface area contributed by atoms with Crippen molar-refractivity contribution in [2.45, 2.75) is 32.3 Å². The van der Waals surface area contributed by atoms with Gasteiger partial charge in [-0.2, -0.15) is 0 Å². The van der Waals surface area contributed by atoms with Crippen LogP contribution in [0, 0.1) is 0 Å². The lowest BCUT2D eigenvalue weighted by molar-refractivity contribution is -0.117. The van der Waals surface area contributed by atoms with E-state index < -0.39 is 22.6 Å². The molecule has 0 bridgehead atoms. The van der Waals surface area contributed by atoms with Gasteiger partial charge in [-0.15, -0.1) is 0 Å². The lowest BCUT2D eigenvalue weighted by Crippen LogP contribution is -2.29. The summed E-state index contributed by atoms with van der Waals surface area (Å²) in [6.45, 7) is 2.97. The molecule has 0 aromatic heterocycles. The summed E-state index contributed by atoms with van der Waals surface area (Å²) in [6.07, 6.45) is 1.59. The second-order valence-electron chi connectivity index (χ2n) is 3.19. The van der Waals surface area contributed by atoms with E-state index in [1.165, 1.54) is 6.92 Å². The molecule has 1 saturated carbocycles. The topological polar surface area (TPSA) is 78.8 Å². The molecule has 0 radical (unpaired) electrons. The molecule has 6 heteroatoms. The van der Waals surface area contributed by atoms with Crippen LogP contribution in [0.4, 0.5) is 0 Å². The van der Waals surface area contributed by atoms with Gasteiger partial charge in [0.2, 0.25) is 5.91 Å². The molecule has 1 fully saturated rings. The largest absolute Gasteiger partial charge is 0.292 e. The highest BCUT2D eigenvalue weighted by Gasteiger charge is 2.44. The van der Waals surface area contributed by atoms with Crippen molar-refractivity contribution in [3.8, 4) is 0 Å². The van der Waals surface area contributed by atoms with E-state index in [1.54, 1.807) is 6.92 Å². The first kappa shape index (κ1) is 9.79. The minimum Gasteiger partial charge on any atom is -0.292 e. The summed E-state index contributed by atoms with van der Waals surface area (Å²) in [5.41, 5.74) is -0.457. The van der Waals surface area contributed by atoms with Crippen LogP contribution in [0.25, 0.3) is 0 Å². The third-order valence-electron chi connectivity index (χ3n) is 1.55. The minimum absolute atomic E-state index is 0.457. The Morgan fingerprint density at radius 2 is 2.08 bits per heavy atom. The maximum atomic E-state index is 10.5. The zero-order chi connectivity index (χ0) is 9.41.